The Labute approximate surface area is 146 Å². The standard InChI is InChI=1S/C19H18ClNO3/c1-12-7-13(2)9-15(8-12)24-19(23)14-10-18(22)21(11-14)17-6-4-3-5-16(17)20/h3-9,14H,10-11H2,1-2H3/t14-/m0/s1. The van der Waals surface area contributed by atoms with Gasteiger partial charge in [-0.1, -0.05) is 29.8 Å². The van der Waals surface area contributed by atoms with Gasteiger partial charge in [-0.05, 0) is 49.2 Å². The van der Waals surface area contributed by atoms with Crippen LogP contribution in [0.15, 0.2) is 42.5 Å². The van der Waals surface area contributed by atoms with E-state index in [1.807, 2.05) is 38.1 Å². The number of esters is 1. The molecule has 124 valence electrons. The number of rotatable bonds is 3. The maximum atomic E-state index is 12.4. The van der Waals surface area contributed by atoms with Crippen LogP contribution < -0.4 is 9.64 Å². The summed E-state index contributed by atoms with van der Waals surface area (Å²) in [5.41, 5.74) is 2.68. The van der Waals surface area contributed by atoms with Gasteiger partial charge in [0.1, 0.15) is 5.75 Å². The molecule has 1 amide bonds. The molecule has 4 nitrogen and oxygen atoms in total. The minimum Gasteiger partial charge on any atom is -0.426 e. The van der Waals surface area contributed by atoms with Crippen LogP contribution in [-0.2, 0) is 9.59 Å². The van der Waals surface area contributed by atoms with Crippen LogP contribution in [0, 0.1) is 19.8 Å². The molecule has 0 N–H and O–H groups in total. The number of nitrogens with zero attached hydrogens (tertiary/aromatic N) is 1. The third kappa shape index (κ3) is 3.44. The number of anilines is 1. The number of carbonyl (C=O) groups is 2. The van der Waals surface area contributed by atoms with Crippen LogP contribution in [0.5, 0.6) is 5.75 Å². The lowest BCUT2D eigenvalue weighted by Gasteiger charge is -2.17. The first-order valence-electron chi connectivity index (χ1n) is 7.79. The second kappa shape index (κ2) is 6.65. The van der Waals surface area contributed by atoms with Crippen molar-refractivity contribution in [1.29, 1.82) is 0 Å². The molecule has 1 fully saturated rings. The first-order valence-corrected chi connectivity index (χ1v) is 8.17. The van der Waals surface area contributed by atoms with Crippen molar-refractivity contribution < 1.29 is 14.3 Å². The molecule has 1 heterocycles. The van der Waals surface area contributed by atoms with Gasteiger partial charge >= 0.3 is 5.97 Å². The molecule has 0 saturated carbocycles. The third-order valence-corrected chi connectivity index (χ3v) is 4.33. The molecule has 1 aliphatic rings. The van der Waals surface area contributed by atoms with Crippen LogP contribution in [0.25, 0.3) is 0 Å². The lowest BCUT2D eigenvalue weighted by atomic mass is 10.1. The molecule has 0 unspecified atom stereocenters. The summed E-state index contributed by atoms with van der Waals surface area (Å²) in [6.45, 7) is 4.18. The molecule has 1 aliphatic heterocycles. The van der Waals surface area contributed by atoms with Crippen LogP contribution in [0.3, 0.4) is 0 Å². The second-order valence-electron chi connectivity index (χ2n) is 6.10. The molecule has 0 aromatic heterocycles. The molecule has 0 spiro atoms. The van der Waals surface area contributed by atoms with E-state index >= 15 is 0 Å². The number of hydrogen-bond donors (Lipinski definition) is 0. The molecular weight excluding hydrogens is 326 g/mol. The van der Waals surface area contributed by atoms with Gasteiger partial charge in [0.25, 0.3) is 0 Å². The smallest absolute Gasteiger partial charge is 0.316 e. The zero-order valence-corrected chi connectivity index (χ0v) is 14.3. The van der Waals surface area contributed by atoms with Gasteiger partial charge in [0.15, 0.2) is 0 Å². The van der Waals surface area contributed by atoms with Crippen LogP contribution in [0.2, 0.25) is 5.02 Å². The van der Waals surface area contributed by atoms with Gasteiger partial charge in [0.05, 0.1) is 16.6 Å². The summed E-state index contributed by atoms with van der Waals surface area (Å²) < 4.78 is 5.47. The molecule has 5 heteroatoms. The average molecular weight is 344 g/mol. The molecule has 1 saturated heterocycles. The summed E-state index contributed by atoms with van der Waals surface area (Å²) >= 11 is 6.15. The Bertz CT molecular complexity index is 783. The maximum Gasteiger partial charge on any atom is 0.316 e. The zero-order valence-electron chi connectivity index (χ0n) is 13.6. The minimum atomic E-state index is -0.491. The fourth-order valence-electron chi connectivity index (χ4n) is 2.96. The quantitative estimate of drug-likeness (QED) is 0.627. The van der Waals surface area contributed by atoms with E-state index in [0.717, 1.165) is 11.1 Å². The van der Waals surface area contributed by atoms with Crippen molar-refractivity contribution >= 4 is 29.2 Å². The molecule has 1 atom stereocenters. The number of amides is 1. The van der Waals surface area contributed by atoms with Gasteiger partial charge in [-0.25, -0.2) is 0 Å². The van der Waals surface area contributed by atoms with Crippen molar-refractivity contribution in [2.75, 3.05) is 11.4 Å². The fraction of sp³-hybridized carbons (Fsp3) is 0.263. The number of benzene rings is 2. The highest BCUT2D eigenvalue weighted by atomic mass is 35.5. The predicted octanol–water partition coefficient (Wildman–Crippen LogP) is 3.92. The molecular formula is C19H18ClNO3. The Morgan fingerprint density at radius 2 is 1.83 bits per heavy atom. The van der Waals surface area contributed by atoms with E-state index in [2.05, 4.69) is 0 Å². The summed E-state index contributed by atoms with van der Waals surface area (Å²) in [5, 5.41) is 0.495. The topological polar surface area (TPSA) is 46.6 Å². The SMILES string of the molecule is Cc1cc(C)cc(OC(=O)[C@H]2CC(=O)N(c3ccccc3Cl)C2)c1. The van der Waals surface area contributed by atoms with E-state index in [1.54, 1.807) is 23.1 Å². The maximum absolute atomic E-state index is 12.4. The van der Waals surface area contributed by atoms with Crippen molar-refractivity contribution in [3.8, 4) is 5.75 Å². The molecule has 3 rings (SSSR count). The highest BCUT2D eigenvalue weighted by Gasteiger charge is 2.37. The van der Waals surface area contributed by atoms with E-state index in [1.165, 1.54) is 0 Å². The summed E-state index contributed by atoms with van der Waals surface area (Å²) in [6.07, 6.45) is 0.134. The van der Waals surface area contributed by atoms with E-state index in [0.29, 0.717) is 16.5 Å². The molecule has 2 aromatic carbocycles. The highest BCUT2D eigenvalue weighted by molar-refractivity contribution is 6.33. The number of hydrogen-bond acceptors (Lipinski definition) is 3. The number of aryl methyl sites for hydroxylation is 2. The first kappa shape index (κ1) is 16.5. The Kier molecular flexibility index (Phi) is 4.58. The lowest BCUT2D eigenvalue weighted by molar-refractivity contribution is -0.139. The lowest BCUT2D eigenvalue weighted by Crippen LogP contribution is -2.27. The van der Waals surface area contributed by atoms with E-state index < -0.39 is 5.92 Å². The summed E-state index contributed by atoms with van der Waals surface area (Å²) in [7, 11) is 0. The van der Waals surface area contributed by atoms with Gasteiger partial charge < -0.3 is 9.64 Å². The highest BCUT2D eigenvalue weighted by Crippen LogP contribution is 2.31. The van der Waals surface area contributed by atoms with Crippen molar-refractivity contribution in [2.24, 2.45) is 5.92 Å². The largest absolute Gasteiger partial charge is 0.426 e. The average Bonchev–Trinajstić information content (AvgIpc) is 2.88. The number of para-hydroxylation sites is 1. The molecule has 2 aromatic rings. The minimum absolute atomic E-state index is 0.120. The van der Waals surface area contributed by atoms with Crippen molar-refractivity contribution in [1.82, 2.24) is 0 Å². The van der Waals surface area contributed by atoms with E-state index in [4.69, 9.17) is 16.3 Å². The third-order valence-electron chi connectivity index (χ3n) is 4.02. The Morgan fingerprint density at radius 1 is 1.17 bits per heavy atom. The molecule has 0 radical (unpaired) electrons. The van der Waals surface area contributed by atoms with Crippen LogP contribution >= 0.6 is 11.6 Å². The molecule has 0 bridgehead atoms. The van der Waals surface area contributed by atoms with Crippen LogP contribution in [-0.4, -0.2) is 18.4 Å². The normalized spacial score (nSPS) is 17.2. The fourth-order valence-corrected chi connectivity index (χ4v) is 3.20. The van der Waals surface area contributed by atoms with Gasteiger partial charge in [-0.15, -0.1) is 0 Å². The van der Waals surface area contributed by atoms with Gasteiger partial charge in [-0.3, -0.25) is 9.59 Å². The summed E-state index contributed by atoms with van der Waals surface area (Å²) in [4.78, 5) is 26.2. The Morgan fingerprint density at radius 3 is 2.50 bits per heavy atom. The Hall–Kier alpha value is -2.33. The van der Waals surface area contributed by atoms with Gasteiger partial charge in [0.2, 0.25) is 5.91 Å². The molecule has 24 heavy (non-hydrogen) atoms. The van der Waals surface area contributed by atoms with Gasteiger partial charge in [0, 0.05) is 13.0 Å². The number of carbonyl (C=O) groups excluding carboxylic acids is 2. The predicted molar refractivity (Wildman–Crippen MR) is 93.5 cm³/mol. The zero-order chi connectivity index (χ0) is 17.3. The number of halogens is 1. The second-order valence-corrected chi connectivity index (χ2v) is 6.51. The van der Waals surface area contributed by atoms with Crippen molar-refractivity contribution in [3.05, 3.63) is 58.6 Å². The summed E-state index contributed by atoms with van der Waals surface area (Å²) in [6, 6.07) is 12.8. The van der Waals surface area contributed by atoms with E-state index in [-0.39, 0.29) is 24.8 Å². The summed E-state index contributed by atoms with van der Waals surface area (Å²) in [5.74, 6) is -0.482. The molecule has 0 aliphatic carbocycles. The van der Waals surface area contributed by atoms with Gasteiger partial charge in [-0.2, -0.15) is 0 Å². The van der Waals surface area contributed by atoms with Crippen molar-refractivity contribution in [3.63, 3.8) is 0 Å². The first-order chi connectivity index (χ1) is 11.4. The van der Waals surface area contributed by atoms with Crippen LogP contribution in [0.4, 0.5) is 5.69 Å². The van der Waals surface area contributed by atoms with Crippen molar-refractivity contribution in [2.45, 2.75) is 20.3 Å². The van der Waals surface area contributed by atoms with Crippen LogP contribution in [0.1, 0.15) is 17.5 Å². The number of ether oxygens (including phenoxy) is 1. The Balaban J connectivity index is 1.73. The van der Waals surface area contributed by atoms with E-state index in [9.17, 15) is 9.59 Å². The monoisotopic (exact) mass is 343 g/mol.